The number of rotatable bonds is 2. The number of alkyl halides is 1. The van der Waals surface area contributed by atoms with E-state index >= 15 is 0 Å². The van der Waals surface area contributed by atoms with Crippen molar-refractivity contribution in [3.63, 3.8) is 0 Å². The van der Waals surface area contributed by atoms with Gasteiger partial charge in [-0.3, -0.25) is 4.90 Å². The summed E-state index contributed by atoms with van der Waals surface area (Å²) >= 11 is 9.28. The van der Waals surface area contributed by atoms with Crippen molar-refractivity contribution in [1.29, 1.82) is 0 Å². The molecule has 1 aliphatic rings. The lowest BCUT2D eigenvalue weighted by atomic mass is 10.2. The first-order valence-corrected chi connectivity index (χ1v) is 6.19. The maximum Gasteiger partial charge on any atom is 0.137 e. The molecule has 0 aliphatic carbocycles. The minimum Gasteiger partial charge on any atom is -0.298 e. The second-order valence-electron chi connectivity index (χ2n) is 3.83. The van der Waals surface area contributed by atoms with E-state index in [-0.39, 0.29) is 11.2 Å². The van der Waals surface area contributed by atoms with Gasteiger partial charge >= 0.3 is 0 Å². The van der Waals surface area contributed by atoms with Gasteiger partial charge in [0.1, 0.15) is 5.82 Å². The molecule has 1 nitrogen and oxygen atoms in total. The van der Waals surface area contributed by atoms with Crippen molar-refractivity contribution in [2.75, 3.05) is 13.1 Å². The first-order valence-electron chi connectivity index (χ1n) is 4.96. The Bertz CT molecular complexity index is 358. The summed E-state index contributed by atoms with van der Waals surface area (Å²) in [7, 11) is 0. The molecule has 1 atom stereocenters. The monoisotopic (exact) mass is 291 g/mol. The van der Waals surface area contributed by atoms with Crippen LogP contribution in [-0.4, -0.2) is 23.4 Å². The molecule has 1 heterocycles. The smallest absolute Gasteiger partial charge is 0.137 e. The Balaban J connectivity index is 2.07. The topological polar surface area (TPSA) is 3.24 Å². The van der Waals surface area contributed by atoms with Gasteiger partial charge in [0, 0.05) is 18.5 Å². The number of hydrogen-bond donors (Lipinski definition) is 0. The van der Waals surface area contributed by atoms with Crippen molar-refractivity contribution >= 4 is 27.5 Å². The van der Waals surface area contributed by atoms with Gasteiger partial charge in [0.05, 0.1) is 4.47 Å². The maximum atomic E-state index is 13.2. The van der Waals surface area contributed by atoms with Gasteiger partial charge in [-0.15, -0.1) is 11.6 Å². The van der Waals surface area contributed by atoms with Crippen LogP contribution in [0.5, 0.6) is 0 Å². The van der Waals surface area contributed by atoms with Crippen LogP contribution in [0.15, 0.2) is 22.7 Å². The predicted molar refractivity (Wildman–Crippen MR) is 63.6 cm³/mol. The zero-order valence-corrected chi connectivity index (χ0v) is 10.6. The van der Waals surface area contributed by atoms with Crippen molar-refractivity contribution in [2.45, 2.75) is 18.3 Å². The van der Waals surface area contributed by atoms with Crippen LogP contribution < -0.4 is 0 Å². The number of nitrogens with zero attached hydrogens (tertiary/aromatic N) is 1. The molecule has 0 spiro atoms. The molecule has 1 aliphatic heterocycles. The van der Waals surface area contributed by atoms with E-state index in [2.05, 4.69) is 20.8 Å². The molecule has 0 aromatic heterocycles. The van der Waals surface area contributed by atoms with E-state index in [9.17, 15) is 4.39 Å². The van der Waals surface area contributed by atoms with Gasteiger partial charge in [-0.05, 0) is 40.5 Å². The normalized spacial score (nSPS) is 22.2. The highest BCUT2D eigenvalue weighted by Gasteiger charge is 2.21. The Kier molecular flexibility index (Phi) is 3.65. The van der Waals surface area contributed by atoms with Gasteiger partial charge < -0.3 is 0 Å². The van der Waals surface area contributed by atoms with Crippen molar-refractivity contribution in [2.24, 2.45) is 0 Å². The van der Waals surface area contributed by atoms with E-state index in [0.717, 1.165) is 31.6 Å². The second kappa shape index (κ2) is 4.81. The molecule has 1 saturated heterocycles. The summed E-state index contributed by atoms with van der Waals surface area (Å²) in [4.78, 5) is 2.25. The molecular formula is C11H12BrClFN. The van der Waals surface area contributed by atoms with Gasteiger partial charge in [0.25, 0.3) is 0 Å². The van der Waals surface area contributed by atoms with Crippen LogP contribution in [0, 0.1) is 5.82 Å². The number of likely N-dealkylation sites (tertiary alicyclic amines) is 1. The second-order valence-corrected chi connectivity index (χ2v) is 5.24. The molecule has 0 radical (unpaired) electrons. The number of hydrogen-bond acceptors (Lipinski definition) is 1. The van der Waals surface area contributed by atoms with Crippen LogP contribution in [0.1, 0.15) is 12.0 Å². The van der Waals surface area contributed by atoms with E-state index in [1.165, 1.54) is 6.07 Å². The summed E-state index contributed by atoms with van der Waals surface area (Å²) in [6.45, 7) is 2.66. The molecule has 0 N–H and O–H groups in total. The molecule has 15 heavy (non-hydrogen) atoms. The molecule has 1 unspecified atom stereocenters. The Labute approximate surface area is 102 Å². The molecule has 0 bridgehead atoms. The maximum absolute atomic E-state index is 13.2. The van der Waals surface area contributed by atoms with Gasteiger partial charge in [-0.2, -0.15) is 0 Å². The standard InChI is InChI=1S/C11H12BrClFN/c12-11-8(2-1-3-10(11)14)6-15-5-4-9(13)7-15/h1-3,9H,4-7H2. The first kappa shape index (κ1) is 11.4. The Hall–Kier alpha value is -0.120. The van der Waals surface area contributed by atoms with Crippen molar-refractivity contribution in [3.05, 3.63) is 34.1 Å². The molecule has 82 valence electrons. The lowest BCUT2D eigenvalue weighted by Crippen LogP contribution is -2.20. The minimum atomic E-state index is -0.200. The molecule has 0 amide bonds. The average molecular weight is 293 g/mol. The van der Waals surface area contributed by atoms with E-state index in [1.807, 2.05) is 6.07 Å². The van der Waals surface area contributed by atoms with Gasteiger partial charge in [-0.25, -0.2) is 4.39 Å². The van der Waals surface area contributed by atoms with E-state index in [0.29, 0.717) is 4.47 Å². The molecule has 4 heteroatoms. The van der Waals surface area contributed by atoms with Crippen LogP contribution in [0.2, 0.25) is 0 Å². The van der Waals surface area contributed by atoms with Crippen LogP contribution >= 0.6 is 27.5 Å². The van der Waals surface area contributed by atoms with Crippen molar-refractivity contribution in [1.82, 2.24) is 4.90 Å². The summed E-state index contributed by atoms with van der Waals surface area (Å²) in [6, 6.07) is 5.14. The summed E-state index contributed by atoms with van der Waals surface area (Å²) in [5.41, 5.74) is 0.987. The summed E-state index contributed by atoms with van der Waals surface area (Å²) < 4.78 is 13.8. The zero-order valence-electron chi connectivity index (χ0n) is 8.22. The molecule has 2 rings (SSSR count). The third-order valence-corrected chi connectivity index (χ3v) is 3.88. The average Bonchev–Trinajstić information content (AvgIpc) is 2.59. The van der Waals surface area contributed by atoms with E-state index in [1.54, 1.807) is 6.07 Å². The molecule has 0 saturated carbocycles. The third kappa shape index (κ3) is 2.71. The van der Waals surface area contributed by atoms with Gasteiger partial charge in [-0.1, -0.05) is 12.1 Å². The first-order chi connectivity index (χ1) is 7.16. The molecule has 1 aromatic carbocycles. The predicted octanol–water partition coefficient (Wildman–Crippen LogP) is 3.40. The SMILES string of the molecule is Fc1cccc(CN2CCC(Cl)C2)c1Br. The fourth-order valence-electron chi connectivity index (χ4n) is 1.84. The number of halogens is 3. The largest absolute Gasteiger partial charge is 0.298 e. The van der Waals surface area contributed by atoms with Crippen LogP contribution in [-0.2, 0) is 6.54 Å². The van der Waals surface area contributed by atoms with Gasteiger partial charge in [0.2, 0.25) is 0 Å². The van der Waals surface area contributed by atoms with Gasteiger partial charge in [0.15, 0.2) is 0 Å². The van der Waals surface area contributed by atoms with E-state index in [4.69, 9.17) is 11.6 Å². The molecular weight excluding hydrogens is 280 g/mol. The highest BCUT2D eigenvalue weighted by atomic mass is 79.9. The van der Waals surface area contributed by atoms with Crippen LogP contribution in [0.25, 0.3) is 0 Å². The Morgan fingerprint density at radius 3 is 3.00 bits per heavy atom. The highest BCUT2D eigenvalue weighted by molar-refractivity contribution is 9.10. The molecule has 1 aromatic rings. The Morgan fingerprint density at radius 1 is 1.53 bits per heavy atom. The molecule has 1 fully saturated rings. The fourth-order valence-corrected chi connectivity index (χ4v) is 2.52. The van der Waals surface area contributed by atoms with Crippen molar-refractivity contribution in [3.8, 4) is 0 Å². The summed E-state index contributed by atoms with van der Waals surface area (Å²) in [5.74, 6) is -0.200. The summed E-state index contributed by atoms with van der Waals surface area (Å²) in [5, 5.41) is 0.248. The lowest BCUT2D eigenvalue weighted by Gasteiger charge is -2.15. The Morgan fingerprint density at radius 2 is 2.33 bits per heavy atom. The lowest BCUT2D eigenvalue weighted by molar-refractivity contribution is 0.330. The number of benzene rings is 1. The van der Waals surface area contributed by atoms with Crippen LogP contribution in [0.4, 0.5) is 4.39 Å². The quantitative estimate of drug-likeness (QED) is 0.755. The third-order valence-electron chi connectivity index (χ3n) is 2.64. The van der Waals surface area contributed by atoms with Crippen LogP contribution in [0.3, 0.4) is 0 Å². The minimum absolute atomic E-state index is 0.200. The fraction of sp³-hybridized carbons (Fsp3) is 0.455. The zero-order chi connectivity index (χ0) is 10.8. The highest BCUT2D eigenvalue weighted by Crippen LogP contribution is 2.24. The van der Waals surface area contributed by atoms with Crippen molar-refractivity contribution < 1.29 is 4.39 Å². The van der Waals surface area contributed by atoms with E-state index < -0.39 is 0 Å². The summed E-state index contributed by atoms with van der Waals surface area (Å²) in [6.07, 6.45) is 1.02.